The van der Waals surface area contributed by atoms with Gasteiger partial charge in [0.15, 0.2) is 5.78 Å². The first-order chi connectivity index (χ1) is 6.70. The molecule has 1 heteroatoms. The van der Waals surface area contributed by atoms with E-state index in [9.17, 15) is 4.79 Å². The fourth-order valence-corrected chi connectivity index (χ4v) is 1.26. The molecule has 0 aliphatic carbocycles. The summed E-state index contributed by atoms with van der Waals surface area (Å²) in [5.41, 5.74) is 1.30. The Balaban J connectivity index is 4.12. The molecule has 0 unspecified atom stereocenters. The number of unbranched alkanes of at least 4 members (excludes halogenated alkanes) is 2. The highest BCUT2D eigenvalue weighted by molar-refractivity contribution is 5.87. The minimum absolute atomic E-state index is 0.127. The fourth-order valence-electron chi connectivity index (χ4n) is 1.26. The molecular weight excluding hydrogens is 172 g/mol. The largest absolute Gasteiger partial charge is 0.295 e. The van der Waals surface area contributed by atoms with Crippen molar-refractivity contribution >= 4 is 5.78 Å². The molecule has 0 rings (SSSR count). The van der Waals surface area contributed by atoms with Crippen LogP contribution in [0.2, 0.25) is 0 Å². The average Bonchev–Trinajstić information content (AvgIpc) is 2.14. The first-order valence-corrected chi connectivity index (χ1v) is 5.58. The van der Waals surface area contributed by atoms with Crippen LogP contribution in [0.5, 0.6) is 0 Å². The van der Waals surface area contributed by atoms with Gasteiger partial charge in [-0.25, -0.2) is 0 Å². The van der Waals surface area contributed by atoms with Gasteiger partial charge in [-0.1, -0.05) is 50.8 Å². The smallest absolute Gasteiger partial charge is 0.152 e. The Hall–Kier alpha value is -0.850. The van der Waals surface area contributed by atoms with E-state index in [0.717, 1.165) is 19.3 Å². The summed E-state index contributed by atoms with van der Waals surface area (Å²) in [6, 6.07) is 0. The van der Waals surface area contributed by atoms with Crippen molar-refractivity contribution in [3.05, 3.63) is 23.8 Å². The van der Waals surface area contributed by atoms with Gasteiger partial charge in [-0.15, -0.1) is 0 Å². The molecule has 0 saturated heterocycles. The summed E-state index contributed by atoms with van der Waals surface area (Å²) in [4.78, 5) is 10.8. The van der Waals surface area contributed by atoms with Gasteiger partial charge in [-0.05, 0) is 25.8 Å². The predicted octanol–water partition coefficient (Wildman–Crippen LogP) is 4.05. The normalized spacial score (nSPS) is 12.4. The average molecular weight is 194 g/mol. The zero-order chi connectivity index (χ0) is 10.8. The van der Waals surface area contributed by atoms with Crippen LogP contribution in [0, 0.1) is 0 Å². The van der Waals surface area contributed by atoms with Crippen LogP contribution in [-0.2, 0) is 4.79 Å². The van der Waals surface area contributed by atoms with Gasteiger partial charge in [0.25, 0.3) is 0 Å². The van der Waals surface area contributed by atoms with Crippen LogP contribution in [0.4, 0.5) is 0 Å². The van der Waals surface area contributed by atoms with Crippen LogP contribution in [0.15, 0.2) is 23.8 Å². The molecule has 0 aromatic heterocycles. The number of hydrogen-bond acceptors (Lipinski definition) is 1. The Morgan fingerprint density at radius 3 is 2.36 bits per heavy atom. The van der Waals surface area contributed by atoms with E-state index >= 15 is 0 Å². The van der Waals surface area contributed by atoms with E-state index in [1.807, 2.05) is 6.08 Å². The molecule has 0 bridgehead atoms. The lowest BCUT2D eigenvalue weighted by atomic mass is 10.1. The van der Waals surface area contributed by atoms with E-state index in [1.165, 1.54) is 18.4 Å². The molecule has 0 fully saturated rings. The third-order valence-electron chi connectivity index (χ3n) is 2.03. The molecule has 14 heavy (non-hydrogen) atoms. The Morgan fingerprint density at radius 1 is 1.14 bits per heavy atom. The minimum atomic E-state index is 0.127. The highest BCUT2D eigenvalue weighted by Crippen LogP contribution is 2.09. The summed E-state index contributed by atoms with van der Waals surface area (Å²) in [5.74, 6) is 0.127. The third-order valence-corrected chi connectivity index (χ3v) is 2.03. The van der Waals surface area contributed by atoms with Crippen LogP contribution in [-0.4, -0.2) is 5.78 Å². The van der Waals surface area contributed by atoms with Crippen LogP contribution < -0.4 is 0 Å². The number of carbonyl (C=O) groups excluding carboxylic acids is 1. The zero-order valence-electron chi connectivity index (χ0n) is 9.68. The summed E-state index contributed by atoms with van der Waals surface area (Å²) in [6.45, 7) is 5.94. The molecular formula is C13H22O. The Labute approximate surface area is 87.9 Å². The SMILES string of the molecule is CCCCC=C(/C=C/C(C)=O)CCC. The van der Waals surface area contributed by atoms with Crippen LogP contribution in [0.3, 0.4) is 0 Å². The van der Waals surface area contributed by atoms with Crippen molar-refractivity contribution in [2.24, 2.45) is 0 Å². The van der Waals surface area contributed by atoms with Gasteiger partial charge >= 0.3 is 0 Å². The first-order valence-electron chi connectivity index (χ1n) is 5.58. The summed E-state index contributed by atoms with van der Waals surface area (Å²) < 4.78 is 0. The molecule has 0 heterocycles. The molecule has 0 amide bonds. The maximum atomic E-state index is 10.8. The first kappa shape index (κ1) is 13.2. The molecule has 0 saturated carbocycles. The summed E-state index contributed by atoms with van der Waals surface area (Å²) >= 11 is 0. The van der Waals surface area contributed by atoms with Crippen molar-refractivity contribution in [3.63, 3.8) is 0 Å². The van der Waals surface area contributed by atoms with Crippen LogP contribution in [0.25, 0.3) is 0 Å². The second-order valence-corrected chi connectivity index (χ2v) is 3.62. The van der Waals surface area contributed by atoms with Crippen molar-refractivity contribution in [1.29, 1.82) is 0 Å². The number of ketones is 1. The molecule has 0 radical (unpaired) electrons. The predicted molar refractivity (Wildman–Crippen MR) is 62.3 cm³/mol. The number of carbonyl (C=O) groups is 1. The number of hydrogen-bond donors (Lipinski definition) is 0. The zero-order valence-corrected chi connectivity index (χ0v) is 9.68. The minimum Gasteiger partial charge on any atom is -0.295 e. The standard InChI is InChI=1S/C13H22O/c1-4-6-7-9-13(8-5-2)11-10-12(3)14/h9-11H,4-8H2,1-3H3/b11-10+,13-9?. The lowest BCUT2D eigenvalue weighted by Gasteiger charge is -1.99. The highest BCUT2D eigenvalue weighted by Gasteiger charge is 1.91. The van der Waals surface area contributed by atoms with Crippen LogP contribution in [0.1, 0.15) is 52.9 Å². The van der Waals surface area contributed by atoms with Crippen molar-refractivity contribution in [1.82, 2.24) is 0 Å². The van der Waals surface area contributed by atoms with E-state index < -0.39 is 0 Å². The Kier molecular flexibility index (Phi) is 8.20. The molecule has 1 nitrogen and oxygen atoms in total. The topological polar surface area (TPSA) is 17.1 Å². The van der Waals surface area contributed by atoms with Gasteiger partial charge < -0.3 is 0 Å². The number of rotatable bonds is 7. The lowest BCUT2D eigenvalue weighted by Crippen LogP contribution is -1.84. The maximum absolute atomic E-state index is 10.8. The molecule has 0 aromatic carbocycles. The third kappa shape index (κ3) is 7.78. The van der Waals surface area contributed by atoms with Gasteiger partial charge in [0.1, 0.15) is 0 Å². The van der Waals surface area contributed by atoms with Gasteiger partial charge in [-0.2, -0.15) is 0 Å². The Bertz CT molecular complexity index is 211. The summed E-state index contributed by atoms with van der Waals surface area (Å²) in [5, 5.41) is 0. The van der Waals surface area contributed by atoms with E-state index in [-0.39, 0.29) is 5.78 Å². The molecule has 80 valence electrons. The van der Waals surface area contributed by atoms with Gasteiger partial charge in [0.2, 0.25) is 0 Å². The highest BCUT2D eigenvalue weighted by atomic mass is 16.1. The summed E-state index contributed by atoms with van der Waals surface area (Å²) in [6.07, 6.45) is 11.7. The quantitative estimate of drug-likeness (QED) is 0.339. The van der Waals surface area contributed by atoms with Crippen LogP contribution >= 0.6 is 0 Å². The molecule has 0 aliphatic heterocycles. The Morgan fingerprint density at radius 2 is 1.86 bits per heavy atom. The molecule has 0 spiro atoms. The van der Waals surface area contributed by atoms with Gasteiger partial charge in [0.05, 0.1) is 0 Å². The second-order valence-electron chi connectivity index (χ2n) is 3.62. The van der Waals surface area contributed by atoms with Gasteiger partial charge in [0, 0.05) is 0 Å². The number of allylic oxidation sites excluding steroid dienone is 4. The van der Waals surface area contributed by atoms with Gasteiger partial charge in [-0.3, -0.25) is 4.79 Å². The van der Waals surface area contributed by atoms with E-state index in [1.54, 1.807) is 13.0 Å². The lowest BCUT2D eigenvalue weighted by molar-refractivity contribution is -0.112. The molecule has 0 N–H and O–H groups in total. The second kappa shape index (κ2) is 8.74. The van der Waals surface area contributed by atoms with Crippen molar-refractivity contribution < 1.29 is 4.79 Å². The molecule has 0 aliphatic rings. The van der Waals surface area contributed by atoms with E-state index in [4.69, 9.17) is 0 Å². The van der Waals surface area contributed by atoms with Crippen molar-refractivity contribution in [2.75, 3.05) is 0 Å². The summed E-state index contributed by atoms with van der Waals surface area (Å²) in [7, 11) is 0. The maximum Gasteiger partial charge on any atom is 0.152 e. The van der Waals surface area contributed by atoms with E-state index in [0.29, 0.717) is 0 Å². The molecule has 0 atom stereocenters. The fraction of sp³-hybridized carbons (Fsp3) is 0.615. The van der Waals surface area contributed by atoms with Crippen molar-refractivity contribution in [3.8, 4) is 0 Å². The van der Waals surface area contributed by atoms with Crippen molar-refractivity contribution in [2.45, 2.75) is 52.9 Å². The van der Waals surface area contributed by atoms with E-state index in [2.05, 4.69) is 19.9 Å². The molecule has 0 aromatic rings. The monoisotopic (exact) mass is 194 g/mol.